The zero-order chi connectivity index (χ0) is 13.0. The highest BCUT2D eigenvalue weighted by atomic mass is 15.0. The van der Waals surface area contributed by atoms with Crippen LogP contribution in [0.25, 0.3) is 0 Å². The van der Waals surface area contributed by atoms with E-state index in [0.717, 1.165) is 18.8 Å². The van der Waals surface area contributed by atoms with Crippen LogP contribution in [0.15, 0.2) is 12.1 Å². The maximum Gasteiger partial charge on any atom is 0.129 e. The van der Waals surface area contributed by atoms with Crippen molar-refractivity contribution in [1.29, 1.82) is 0 Å². The summed E-state index contributed by atoms with van der Waals surface area (Å²) in [5.41, 5.74) is 3.10. The second kappa shape index (κ2) is 5.73. The lowest BCUT2D eigenvalue weighted by Crippen LogP contribution is -2.14. The molecule has 0 aliphatic carbocycles. The van der Waals surface area contributed by atoms with Gasteiger partial charge in [-0.3, -0.25) is 0 Å². The van der Waals surface area contributed by atoms with Crippen molar-refractivity contribution in [3.05, 3.63) is 23.4 Å². The van der Waals surface area contributed by atoms with Gasteiger partial charge in [-0.25, -0.2) is 4.98 Å². The average Bonchev–Trinajstić information content (AvgIpc) is 2.33. The molecule has 0 saturated heterocycles. The number of nitrogens with zero attached hydrogens (tertiary/aromatic N) is 1. The number of aromatic nitrogens is 1. The van der Waals surface area contributed by atoms with Crippen molar-refractivity contribution in [2.45, 2.75) is 59.3 Å². The summed E-state index contributed by atoms with van der Waals surface area (Å²) in [5, 5.41) is 3.41. The van der Waals surface area contributed by atoms with Crippen LogP contribution >= 0.6 is 0 Å². The van der Waals surface area contributed by atoms with Gasteiger partial charge in [0, 0.05) is 12.2 Å². The molecule has 1 aliphatic rings. The number of hydrogen-bond donors (Lipinski definition) is 1. The van der Waals surface area contributed by atoms with Crippen LogP contribution in [0.2, 0.25) is 0 Å². The Kier molecular flexibility index (Phi) is 4.26. The Labute approximate surface area is 111 Å². The SMILES string of the molecule is CC(C)(C)CCCCc1ccc2c(n1)NCCC2. The summed E-state index contributed by atoms with van der Waals surface area (Å²) in [5.74, 6) is 1.13. The van der Waals surface area contributed by atoms with Crippen LogP contribution in [0.5, 0.6) is 0 Å². The van der Waals surface area contributed by atoms with E-state index in [4.69, 9.17) is 4.98 Å². The summed E-state index contributed by atoms with van der Waals surface area (Å²) in [6, 6.07) is 4.47. The molecule has 2 nitrogen and oxygen atoms in total. The van der Waals surface area contributed by atoms with E-state index in [2.05, 4.69) is 38.2 Å². The summed E-state index contributed by atoms with van der Waals surface area (Å²) >= 11 is 0. The van der Waals surface area contributed by atoms with Crippen molar-refractivity contribution in [3.8, 4) is 0 Å². The Bertz CT molecular complexity index is 391. The van der Waals surface area contributed by atoms with Gasteiger partial charge in [-0.2, -0.15) is 0 Å². The molecule has 0 unspecified atom stereocenters. The highest BCUT2D eigenvalue weighted by Gasteiger charge is 2.11. The van der Waals surface area contributed by atoms with E-state index in [1.54, 1.807) is 0 Å². The monoisotopic (exact) mass is 246 g/mol. The number of hydrogen-bond acceptors (Lipinski definition) is 2. The molecule has 1 N–H and O–H groups in total. The van der Waals surface area contributed by atoms with Gasteiger partial charge in [-0.15, -0.1) is 0 Å². The maximum absolute atomic E-state index is 4.74. The number of unbranched alkanes of at least 4 members (excludes halogenated alkanes) is 1. The fourth-order valence-corrected chi connectivity index (χ4v) is 2.47. The van der Waals surface area contributed by atoms with Gasteiger partial charge in [-0.1, -0.05) is 33.3 Å². The first kappa shape index (κ1) is 13.4. The quantitative estimate of drug-likeness (QED) is 0.805. The molecule has 0 radical (unpaired) electrons. The van der Waals surface area contributed by atoms with E-state index in [1.807, 2.05) is 0 Å². The Morgan fingerprint density at radius 2 is 2.06 bits per heavy atom. The smallest absolute Gasteiger partial charge is 0.129 e. The molecule has 0 atom stereocenters. The molecule has 0 amide bonds. The molecule has 0 aromatic carbocycles. The first-order chi connectivity index (χ1) is 8.54. The zero-order valence-corrected chi connectivity index (χ0v) is 12.1. The van der Waals surface area contributed by atoms with Crippen molar-refractivity contribution in [1.82, 2.24) is 4.98 Å². The molecule has 18 heavy (non-hydrogen) atoms. The van der Waals surface area contributed by atoms with E-state index < -0.39 is 0 Å². The van der Waals surface area contributed by atoms with E-state index in [9.17, 15) is 0 Å². The third-order valence-electron chi connectivity index (χ3n) is 3.56. The predicted molar refractivity (Wildman–Crippen MR) is 78.1 cm³/mol. The number of rotatable bonds is 4. The van der Waals surface area contributed by atoms with Crippen LogP contribution < -0.4 is 5.32 Å². The molecule has 100 valence electrons. The normalized spacial score (nSPS) is 15.1. The summed E-state index contributed by atoms with van der Waals surface area (Å²) in [6.07, 6.45) is 7.39. The third kappa shape index (κ3) is 4.01. The van der Waals surface area contributed by atoms with Gasteiger partial charge >= 0.3 is 0 Å². The lowest BCUT2D eigenvalue weighted by Gasteiger charge is -2.18. The minimum Gasteiger partial charge on any atom is -0.370 e. The van der Waals surface area contributed by atoms with Gasteiger partial charge in [0.25, 0.3) is 0 Å². The van der Waals surface area contributed by atoms with E-state index in [1.165, 1.54) is 43.4 Å². The molecule has 0 fully saturated rings. The molecule has 0 spiro atoms. The lowest BCUT2D eigenvalue weighted by molar-refractivity contribution is 0.360. The maximum atomic E-state index is 4.74. The van der Waals surface area contributed by atoms with E-state index in [0.29, 0.717) is 5.41 Å². The van der Waals surface area contributed by atoms with Crippen LogP contribution in [-0.4, -0.2) is 11.5 Å². The third-order valence-corrected chi connectivity index (χ3v) is 3.56. The van der Waals surface area contributed by atoms with Crippen LogP contribution in [0.3, 0.4) is 0 Å². The number of aryl methyl sites for hydroxylation is 2. The molecule has 1 aromatic rings. The van der Waals surface area contributed by atoms with Crippen LogP contribution in [-0.2, 0) is 12.8 Å². The number of anilines is 1. The number of nitrogens with one attached hydrogen (secondary N) is 1. The largest absolute Gasteiger partial charge is 0.370 e. The van der Waals surface area contributed by atoms with Crippen LogP contribution in [0, 0.1) is 5.41 Å². The summed E-state index contributed by atoms with van der Waals surface area (Å²) < 4.78 is 0. The van der Waals surface area contributed by atoms with Gasteiger partial charge in [0.15, 0.2) is 0 Å². The van der Waals surface area contributed by atoms with Gasteiger partial charge in [0.1, 0.15) is 5.82 Å². The van der Waals surface area contributed by atoms with Crippen molar-refractivity contribution >= 4 is 5.82 Å². The fraction of sp³-hybridized carbons (Fsp3) is 0.688. The minimum absolute atomic E-state index is 0.463. The van der Waals surface area contributed by atoms with E-state index in [-0.39, 0.29) is 0 Å². The van der Waals surface area contributed by atoms with Gasteiger partial charge in [-0.05, 0) is 49.1 Å². The summed E-state index contributed by atoms with van der Waals surface area (Å²) in [6.45, 7) is 8.02. The van der Waals surface area contributed by atoms with Crippen molar-refractivity contribution in [3.63, 3.8) is 0 Å². The fourth-order valence-electron chi connectivity index (χ4n) is 2.47. The van der Waals surface area contributed by atoms with Crippen molar-refractivity contribution in [2.75, 3.05) is 11.9 Å². The molecule has 2 heterocycles. The highest BCUT2D eigenvalue weighted by molar-refractivity contribution is 5.46. The summed E-state index contributed by atoms with van der Waals surface area (Å²) in [7, 11) is 0. The Balaban J connectivity index is 1.83. The topological polar surface area (TPSA) is 24.9 Å². The van der Waals surface area contributed by atoms with Gasteiger partial charge < -0.3 is 5.32 Å². The highest BCUT2D eigenvalue weighted by Crippen LogP contribution is 2.23. The first-order valence-corrected chi connectivity index (χ1v) is 7.27. The van der Waals surface area contributed by atoms with E-state index >= 15 is 0 Å². The Morgan fingerprint density at radius 3 is 2.83 bits per heavy atom. The standard InChI is InChI=1S/C16H26N2/c1-16(2,3)11-5-4-8-14-10-9-13-7-6-12-17-15(13)18-14/h9-10H,4-8,11-12H2,1-3H3,(H,17,18). The molecular formula is C16H26N2. The lowest BCUT2D eigenvalue weighted by atomic mass is 9.89. The first-order valence-electron chi connectivity index (χ1n) is 7.27. The van der Waals surface area contributed by atoms with Crippen molar-refractivity contribution in [2.24, 2.45) is 5.41 Å². The zero-order valence-electron chi connectivity index (χ0n) is 12.1. The number of pyridine rings is 1. The molecule has 0 bridgehead atoms. The van der Waals surface area contributed by atoms with Crippen LogP contribution in [0.1, 0.15) is 57.7 Å². The predicted octanol–water partition coefficient (Wildman–Crippen LogP) is 4.20. The van der Waals surface area contributed by atoms with Gasteiger partial charge in [0.05, 0.1) is 0 Å². The minimum atomic E-state index is 0.463. The molecule has 2 rings (SSSR count). The Hall–Kier alpha value is -1.05. The second-order valence-electron chi connectivity index (χ2n) is 6.61. The summed E-state index contributed by atoms with van der Waals surface area (Å²) in [4.78, 5) is 4.74. The van der Waals surface area contributed by atoms with Gasteiger partial charge in [0.2, 0.25) is 0 Å². The molecule has 0 saturated carbocycles. The van der Waals surface area contributed by atoms with Crippen LogP contribution in [0.4, 0.5) is 5.82 Å². The Morgan fingerprint density at radius 1 is 1.22 bits per heavy atom. The number of fused-ring (bicyclic) bond motifs is 1. The molecule has 1 aromatic heterocycles. The molecule has 1 aliphatic heterocycles. The molecular weight excluding hydrogens is 220 g/mol. The molecule has 2 heteroatoms. The second-order valence-corrected chi connectivity index (χ2v) is 6.61. The van der Waals surface area contributed by atoms with Crippen molar-refractivity contribution < 1.29 is 0 Å². The average molecular weight is 246 g/mol.